The summed E-state index contributed by atoms with van der Waals surface area (Å²) in [7, 11) is 1.64. The van der Waals surface area contributed by atoms with Crippen LogP contribution in [-0.2, 0) is 17.6 Å². The maximum atomic E-state index is 11.9. The molecule has 0 aliphatic heterocycles. The van der Waals surface area contributed by atoms with Crippen molar-refractivity contribution in [1.29, 1.82) is 0 Å². The second kappa shape index (κ2) is 9.55. The van der Waals surface area contributed by atoms with Crippen LogP contribution in [0.25, 0.3) is 0 Å². The average molecular weight is 366 g/mol. The third-order valence-electron chi connectivity index (χ3n) is 3.72. The van der Waals surface area contributed by atoms with E-state index >= 15 is 0 Å². The summed E-state index contributed by atoms with van der Waals surface area (Å²) in [5.74, 6) is 0.876. The molecule has 1 N–H and O–H groups in total. The number of nitrogens with one attached hydrogen (secondary N) is 1. The molecular weight excluding hydrogens is 345 g/mol. The minimum absolute atomic E-state index is 0.0620. The van der Waals surface area contributed by atoms with Crippen molar-refractivity contribution in [2.75, 3.05) is 13.7 Å². The minimum atomic E-state index is 0.0620. The number of carbonyl (C=O) groups excluding carboxylic acids is 1. The molecule has 0 fully saturated rings. The number of benzene rings is 2. The van der Waals surface area contributed by atoms with Crippen LogP contribution in [0.15, 0.2) is 42.5 Å². The maximum Gasteiger partial charge on any atom is 0.220 e. The Kier molecular flexibility index (Phi) is 7.41. The lowest BCUT2D eigenvalue weighted by molar-refractivity contribution is -0.121. The van der Waals surface area contributed by atoms with Gasteiger partial charge in [-0.1, -0.05) is 41.4 Å². The number of carbonyl (C=O) groups is 1. The van der Waals surface area contributed by atoms with E-state index in [2.05, 4.69) is 5.32 Å². The topological polar surface area (TPSA) is 38.3 Å². The number of methoxy groups -OCH3 is 1. The SMILES string of the molecule is COc1cccc(CCC(=O)NCCCc2ccc(Cl)c(Cl)c2)c1. The van der Waals surface area contributed by atoms with Crippen LogP contribution in [0.4, 0.5) is 0 Å². The van der Waals surface area contributed by atoms with E-state index in [0.717, 1.165) is 29.7 Å². The predicted octanol–water partition coefficient (Wildman–Crippen LogP) is 4.68. The molecule has 0 spiro atoms. The Balaban J connectivity index is 1.66. The smallest absolute Gasteiger partial charge is 0.220 e. The fraction of sp³-hybridized carbons (Fsp3) is 0.316. The molecule has 0 aliphatic rings. The van der Waals surface area contributed by atoms with Gasteiger partial charge in [-0.25, -0.2) is 0 Å². The highest BCUT2D eigenvalue weighted by atomic mass is 35.5. The quantitative estimate of drug-likeness (QED) is 0.689. The molecule has 3 nitrogen and oxygen atoms in total. The van der Waals surface area contributed by atoms with E-state index in [0.29, 0.717) is 29.4 Å². The summed E-state index contributed by atoms with van der Waals surface area (Å²) in [6, 6.07) is 13.4. The lowest BCUT2D eigenvalue weighted by Gasteiger charge is -2.07. The Labute approximate surface area is 152 Å². The molecule has 0 saturated carbocycles. The first-order chi connectivity index (χ1) is 11.6. The van der Waals surface area contributed by atoms with Crippen molar-refractivity contribution >= 4 is 29.1 Å². The summed E-state index contributed by atoms with van der Waals surface area (Å²) in [5.41, 5.74) is 2.22. The van der Waals surface area contributed by atoms with Gasteiger partial charge in [0.1, 0.15) is 5.75 Å². The molecule has 0 atom stereocenters. The molecule has 1 amide bonds. The molecule has 0 unspecified atom stereocenters. The van der Waals surface area contributed by atoms with Gasteiger partial charge in [0.25, 0.3) is 0 Å². The number of halogens is 2. The van der Waals surface area contributed by atoms with E-state index in [9.17, 15) is 4.79 Å². The van der Waals surface area contributed by atoms with Gasteiger partial charge in [-0.3, -0.25) is 4.79 Å². The van der Waals surface area contributed by atoms with Crippen LogP contribution in [0.3, 0.4) is 0 Å². The highest BCUT2D eigenvalue weighted by Gasteiger charge is 2.04. The zero-order valence-corrected chi connectivity index (χ0v) is 15.2. The van der Waals surface area contributed by atoms with E-state index < -0.39 is 0 Å². The number of hydrogen-bond donors (Lipinski definition) is 1. The Bertz CT molecular complexity index is 689. The third-order valence-corrected chi connectivity index (χ3v) is 4.46. The van der Waals surface area contributed by atoms with Crippen LogP contribution in [0.1, 0.15) is 24.0 Å². The third kappa shape index (κ3) is 6.06. The molecule has 0 bridgehead atoms. The highest BCUT2D eigenvalue weighted by Crippen LogP contribution is 2.23. The zero-order valence-electron chi connectivity index (χ0n) is 13.6. The van der Waals surface area contributed by atoms with Crippen LogP contribution < -0.4 is 10.1 Å². The molecular formula is C19H21Cl2NO2. The van der Waals surface area contributed by atoms with Gasteiger partial charge in [0.2, 0.25) is 5.91 Å². The normalized spacial score (nSPS) is 10.5. The van der Waals surface area contributed by atoms with Crippen LogP contribution >= 0.6 is 23.2 Å². The largest absolute Gasteiger partial charge is 0.497 e. The van der Waals surface area contributed by atoms with Crippen molar-refractivity contribution in [1.82, 2.24) is 5.32 Å². The second-order valence-electron chi connectivity index (χ2n) is 5.55. The van der Waals surface area contributed by atoms with Crippen molar-refractivity contribution in [3.8, 4) is 5.75 Å². The monoisotopic (exact) mass is 365 g/mol. The van der Waals surface area contributed by atoms with Gasteiger partial charge in [0, 0.05) is 13.0 Å². The number of hydrogen-bond acceptors (Lipinski definition) is 2. The molecule has 2 rings (SSSR count). The zero-order chi connectivity index (χ0) is 17.4. The lowest BCUT2D eigenvalue weighted by Crippen LogP contribution is -2.24. The van der Waals surface area contributed by atoms with Crippen LogP contribution in [0, 0.1) is 0 Å². The first kappa shape index (κ1) is 18.6. The van der Waals surface area contributed by atoms with E-state index in [1.165, 1.54) is 0 Å². The van der Waals surface area contributed by atoms with Gasteiger partial charge in [0.05, 0.1) is 17.2 Å². The standard InChI is InChI=1S/C19H21Cl2NO2/c1-24-16-6-2-4-14(12-16)8-10-19(23)22-11-3-5-15-7-9-17(20)18(21)13-15/h2,4,6-7,9,12-13H,3,5,8,10-11H2,1H3,(H,22,23). The van der Waals surface area contributed by atoms with E-state index in [-0.39, 0.29) is 5.91 Å². The predicted molar refractivity (Wildman–Crippen MR) is 99.1 cm³/mol. The number of aryl methyl sites for hydroxylation is 2. The second-order valence-corrected chi connectivity index (χ2v) is 6.37. The Morgan fingerprint density at radius 1 is 1.04 bits per heavy atom. The molecule has 0 heterocycles. The molecule has 2 aromatic carbocycles. The van der Waals surface area contributed by atoms with Gasteiger partial charge in [0.15, 0.2) is 0 Å². The van der Waals surface area contributed by atoms with Crippen LogP contribution in [0.2, 0.25) is 10.0 Å². The molecule has 5 heteroatoms. The van der Waals surface area contributed by atoms with Gasteiger partial charge in [-0.2, -0.15) is 0 Å². The Morgan fingerprint density at radius 3 is 2.58 bits per heavy atom. The van der Waals surface area contributed by atoms with Crippen molar-refractivity contribution in [3.05, 3.63) is 63.6 Å². The highest BCUT2D eigenvalue weighted by molar-refractivity contribution is 6.42. The minimum Gasteiger partial charge on any atom is -0.497 e. The van der Waals surface area contributed by atoms with Crippen molar-refractivity contribution in [2.45, 2.75) is 25.7 Å². The van der Waals surface area contributed by atoms with Crippen molar-refractivity contribution in [2.24, 2.45) is 0 Å². The van der Waals surface area contributed by atoms with E-state index in [1.807, 2.05) is 36.4 Å². The molecule has 0 aliphatic carbocycles. The molecule has 128 valence electrons. The number of rotatable bonds is 8. The van der Waals surface area contributed by atoms with Crippen LogP contribution in [-0.4, -0.2) is 19.6 Å². The summed E-state index contributed by atoms with van der Waals surface area (Å²) in [6.45, 7) is 0.650. The van der Waals surface area contributed by atoms with E-state index in [1.54, 1.807) is 13.2 Å². The lowest BCUT2D eigenvalue weighted by atomic mass is 10.1. The molecule has 24 heavy (non-hydrogen) atoms. The Morgan fingerprint density at radius 2 is 1.83 bits per heavy atom. The fourth-order valence-electron chi connectivity index (χ4n) is 2.39. The van der Waals surface area contributed by atoms with Gasteiger partial charge < -0.3 is 10.1 Å². The van der Waals surface area contributed by atoms with Gasteiger partial charge in [-0.05, 0) is 54.7 Å². The van der Waals surface area contributed by atoms with Crippen molar-refractivity contribution < 1.29 is 9.53 Å². The first-order valence-corrected chi connectivity index (χ1v) is 8.67. The summed E-state index contributed by atoms with van der Waals surface area (Å²) in [6.07, 6.45) is 2.89. The number of amides is 1. The summed E-state index contributed by atoms with van der Waals surface area (Å²) in [5, 5.41) is 4.08. The number of ether oxygens (including phenoxy) is 1. The molecule has 2 aromatic rings. The summed E-state index contributed by atoms with van der Waals surface area (Å²) in [4.78, 5) is 11.9. The molecule has 0 radical (unpaired) electrons. The molecule has 0 saturated heterocycles. The van der Waals surface area contributed by atoms with E-state index in [4.69, 9.17) is 27.9 Å². The summed E-state index contributed by atoms with van der Waals surface area (Å²) >= 11 is 11.9. The summed E-state index contributed by atoms with van der Waals surface area (Å²) < 4.78 is 5.18. The Hall–Kier alpha value is -1.71. The fourth-order valence-corrected chi connectivity index (χ4v) is 2.71. The van der Waals surface area contributed by atoms with Crippen LogP contribution in [0.5, 0.6) is 5.75 Å². The van der Waals surface area contributed by atoms with Gasteiger partial charge in [-0.15, -0.1) is 0 Å². The first-order valence-electron chi connectivity index (χ1n) is 7.92. The maximum absolute atomic E-state index is 11.9. The van der Waals surface area contributed by atoms with Gasteiger partial charge >= 0.3 is 0 Å². The van der Waals surface area contributed by atoms with Crippen molar-refractivity contribution in [3.63, 3.8) is 0 Å². The molecule has 0 aromatic heterocycles. The average Bonchev–Trinajstić information content (AvgIpc) is 2.60.